The number of aromatic nitrogens is 2. The second-order valence-electron chi connectivity index (χ2n) is 8.05. The average Bonchev–Trinajstić information content (AvgIpc) is 3.38. The van der Waals surface area contributed by atoms with E-state index in [1.807, 2.05) is 73.8 Å². The van der Waals surface area contributed by atoms with Crippen LogP contribution in [0.1, 0.15) is 12.5 Å². The summed E-state index contributed by atoms with van der Waals surface area (Å²) in [5, 5.41) is 1.02. The van der Waals surface area contributed by atoms with Crippen LogP contribution in [0.15, 0.2) is 72.8 Å². The fourth-order valence-electron chi connectivity index (χ4n) is 4.34. The van der Waals surface area contributed by atoms with E-state index in [0.717, 1.165) is 33.1 Å². The molecular formula is C28H26N2O5. The van der Waals surface area contributed by atoms with E-state index in [0.29, 0.717) is 29.5 Å². The largest absolute Gasteiger partial charge is 0.515 e. The molecule has 2 heterocycles. The van der Waals surface area contributed by atoms with E-state index in [1.165, 1.54) is 0 Å². The molecule has 0 aliphatic carbocycles. The van der Waals surface area contributed by atoms with Crippen molar-refractivity contribution in [2.75, 3.05) is 13.7 Å². The van der Waals surface area contributed by atoms with Crippen molar-refractivity contribution in [3.05, 3.63) is 78.4 Å². The maximum absolute atomic E-state index is 12.3. The standard InChI is InChI=1S/C28H26N2O5/c1-4-33-28(31)35-27-24(26-25(29-27)20-12-8-9-13-22(20)30(26)2)21-15-14-19(32-3)16-23(21)34-17-18-10-6-5-7-11-18/h5-16,29H,4,17H2,1-3H3. The molecule has 5 aromatic rings. The summed E-state index contributed by atoms with van der Waals surface area (Å²) in [6, 6.07) is 23.6. The van der Waals surface area contributed by atoms with Crippen molar-refractivity contribution in [3.8, 4) is 28.5 Å². The third-order valence-corrected chi connectivity index (χ3v) is 5.95. The van der Waals surface area contributed by atoms with Gasteiger partial charge in [-0.3, -0.25) is 0 Å². The minimum Gasteiger partial charge on any atom is -0.497 e. The summed E-state index contributed by atoms with van der Waals surface area (Å²) in [4.78, 5) is 15.6. The number of hydrogen-bond donors (Lipinski definition) is 1. The number of carbonyl (C=O) groups excluding carboxylic acids is 1. The fraction of sp³-hybridized carbons (Fsp3) is 0.179. The van der Waals surface area contributed by atoms with Crippen molar-refractivity contribution >= 4 is 28.1 Å². The zero-order valence-electron chi connectivity index (χ0n) is 19.8. The molecule has 7 heteroatoms. The monoisotopic (exact) mass is 470 g/mol. The first-order valence-electron chi connectivity index (χ1n) is 11.4. The Morgan fingerprint density at radius 1 is 1.00 bits per heavy atom. The number of para-hydroxylation sites is 1. The zero-order valence-corrected chi connectivity index (χ0v) is 19.8. The number of ether oxygens (including phenoxy) is 4. The minimum atomic E-state index is -0.773. The number of fused-ring (bicyclic) bond motifs is 3. The van der Waals surface area contributed by atoms with E-state index < -0.39 is 6.16 Å². The SMILES string of the molecule is CCOC(=O)Oc1[nH]c2c3ccccc3n(C)c2c1-c1ccc(OC)cc1OCc1ccccc1. The van der Waals surface area contributed by atoms with Crippen LogP contribution in [0, 0.1) is 0 Å². The van der Waals surface area contributed by atoms with Crippen LogP contribution in [-0.4, -0.2) is 29.4 Å². The van der Waals surface area contributed by atoms with Gasteiger partial charge >= 0.3 is 6.16 Å². The first-order chi connectivity index (χ1) is 17.1. The first-order valence-corrected chi connectivity index (χ1v) is 11.4. The second-order valence-corrected chi connectivity index (χ2v) is 8.05. The van der Waals surface area contributed by atoms with Gasteiger partial charge in [-0.2, -0.15) is 0 Å². The van der Waals surface area contributed by atoms with Crippen LogP contribution < -0.4 is 14.2 Å². The molecule has 0 unspecified atom stereocenters. The summed E-state index contributed by atoms with van der Waals surface area (Å²) in [5.41, 5.74) is 5.31. The topological polar surface area (TPSA) is 74.7 Å². The molecule has 7 nitrogen and oxygen atoms in total. The quantitative estimate of drug-likeness (QED) is 0.277. The molecule has 0 aliphatic rings. The van der Waals surface area contributed by atoms with Crippen LogP contribution in [0.2, 0.25) is 0 Å². The van der Waals surface area contributed by atoms with Crippen molar-refractivity contribution in [2.24, 2.45) is 7.05 Å². The third kappa shape index (κ3) is 4.17. The van der Waals surface area contributed by atoms with Crippen LogP contribution >= 0.6 is 0 Å². The van der Waals surface area contributed by atoms with Gasteiger partial charge in [0.25, 0.3) is 0 Å². The third-order valence-electron chi connectivity index (χ3n) is 5.95. The average molecular weight is 471 g/mol. The number of aromatic amines is 1. The summed E-state index contributed by atoms with van der Waals surface area (Å²) in [7, 11) is 3.61. The summed E-state index contributed by atoms with van der Waals surface area (Å²) in [5.74, 6) is 1.56. The molecule has 2 aromatic heterocycles. The number of H-pyrrole nitrogens is 1. The Labute approximate surface area is 202 Å². The Morgan fingerprint density at radius 3 is 2.54 bits per heavy atom. The Bertz CT molecular complexity index is 1500. The van der Waals surface area contributed by atoms with Crippen LogP contribution in [0.3, 0.4) is 0 Å². The molecule has 35 heavy (non-hydrogen) atoms. The molecule has 0 saturated carbocycles. The Balaban J connectivity index is 1.70. The lowest BCUT2D eigenvalue weighted by Crippen LogP contribution is -2.11. The lowest BCUT2D eigenvalue weighted by Gasteiger charge is -2.15. The van der Waals surface area contributed by atoms with Gasteiger partial charge in [0.2, 0.25) is 5.88 Å². The summed E-state index contributed by atoms with van der Waals surface area (Å²) >= 11 is 0. The number of aryl methyl sites for hydroxylation is 1. The molecular weight excluding hydrogens is 444 g/mol. The van der Waals surface area contributed by atoms with Crippen molar-refractivity contribution in [2.45, 2.75) is 13.5 Å². The van der Waals surface area contributed by atoms with Gasteiger partial charge in [-0.05, 0) is 30.7 Å². The normalized spacial score (nSPS) is 11.1. The van der Waals surface area contributed by atoms with E-state index in [4.69, 9.17) is 18.9 Å². The predicted molar refractivity (Wildman–Crippen MR) is 135 cm³/mol. The minimum absolute atomic E-state index is 0.214. The van der Waals surface area contributed by atoms with Gasteiger partial charge < -0.3 is 28.5 Å². The van der Waals surface area contributed by atoms with Crippen molar-refractivity contribution in [1.29, 1.82) is 0 Å². The molecule has 0 atom stereocenters. The van der Waals surface area contributed by atoms with E-state index >= 15 is 0 Å². The maximum atomic E-state index is 12.3. The predicted octanol–water partition coefficient (Wildman–Crippen LogP) is 6.45. The van der Waals surface area contributed by atoms with Crippen LogP contribution in [-0.2, 0) is 18.4 Å². The Kier molecular flexibility index (Phi) is 6.06. The molecule has 0 radical (unpaired) electrons. The van der Waals surface area contributed by atoms with Gasteiger partial charge in [0, 0.05) is 24.1 Å². The highest BCUT2D eigenvalue weighted by Crippen LogP contribution is 2.46. The molecule has 0 spiro atoms. The van der Waals surface area contributed by atoms with E-state index in [2.05, 4.69) is 15.6 Å². The smallest absolute Gasteiger partial charge is 0.497 e. The maximum Gasteiger partial charge on any atom is 0.515 e. The molecule has 0 amide bonds. The summed E-state index contributed by atoms with van der Waals surface area (Å²) in [6.45, 7) is 2.32. The van der Waals surface area contributed by atoms with Crippen molar-refractivity contribution in [3.63, 3.8) is 0 Å². The molecule has 0 saturated heterocycles. The van der Waals surface area contributed by atoms with Crippen LogP contribution in [0.25, 0.3) is 33.1 Å². The highest BCUT2D eigenvalue weighted by atomic mass is 16.7. The number of benzene rings is 3. The van der Waals surface area contributed by atoms with Gasteiger partial charge in [0.15, 0.2) is 0 Å². The molecule has 3 aromatic carbocycles. The van der Waals surface area contributed by atoms with Gasteiger partial charge in [0.1, 0.15) is 18.1 Å². The molecule has 178 valence electrons. The number of nitrogens with zero attached hydrogens (tertiary/aromatic N) is 1. The van der Waals surface area contributed by atoms with E-state index in [-0.39, 0.29) is 6.61 Å². The summed E-state index contributed by atoms with van der Waals surface area (Å²) < 4.78 is 24.5. The lowest BCUT2D eigenvalue weighted by atomic mass is 10.1. The van der Waals surface area contributed by atoms with E-state index in [1.54, 1.807) is 14.0 Å². The van der Waals surface area contributed by atoms with Crippen LogP contribution in [0.4, 0.5) is 4.79 Å². The van der Waals surface area contributed by atoms with Crippen molar-refractivity contribution in [1.82, 2.24) is 9.55 Å². The van der Waals surface area contributed by atoms with Crippen molar-refractivity contribution < 1.29 is 23.7 Å². The highest BCUT2D eigenvalue weighted by Gasteiger charge is 2.25. The molecule has 0 bridgehead atoms. The first kappa shape index (κ1) is 22.4. The molecule has 0 fully saturated rings. The van der Waals surface area contributed by atoms with E-state index in [9.17, 15) is 4.79 Å². The number of hydrogen-bond acceptors (Lipinski definition) is 5. The Hall–Kier alpha value is -4.39. The van der Waals surface area contributed by atoms with Gasteiger partial charge in [0.05, 0.1) is 35.8 Å². The highest BCUT2D eigenvalue weighted by molar-refractivity contribution is 6.13. The number of methoxy groups -OCH3 is 1. The molecule has 0 aliphatic heterocycles. The molecule has 5 rings (SSSR count). The zero-order chi connectivity index (χ0) is 24.4. The number of nitrogens with one attached hydrogen (secondary N) is 1. The van der Waals surface area contributed by atoms with Gasteiger partial charge in [-0.25, -0.2) is 4.79 Å². The summed E-state index contributed by atoms with van der Waals surface area (Å²) in [6.07, 6.45) is -0.773. The Morgan fingerprint density at radius 2 is 1.77 bits per heavy atom. The second kappa shape index (κ2) is 9.46. The number of rotatable bonds is 7. The molecule has 1 N–H and O–H groups in total. The fourth-order valence-corrected chi connectivity index (χ4v) is 4.34. The lowest BCUT2D eigenvalue weighted by molar-refractivity contribution is 0.103. The number of carbonyl (C=O) groups is 1. The van der Waals surface area contributed by atoms with Crippen LogP contribution in [0.5, 0.6) is 17.4 Å². The van der Waals surface area contributed by atoms with Gasteiger partial charge in [-0.15, -0.1) is 0 Å². The van der Waals surface area contributed by atoms with Gasteiger partial charge in [-0.1, -0.05) is 48.5 Å².